The number of carbonyl (C=O) groups is 2. The fourth-order valence-electron chi connectivity index (χ4n) is 3.67. The van der Waals surface area contributed by atoms with Crippen molar-refractivity contribution in [2.75, 3.05) is 18.4 Å². The van der Waals surface area contributed by atoms with Crippen LogP contribution < -0.4 is 5.32 Å². The molecular weight excluding hydrogens is 398 g/mol. The van der Waals surface area contributed by atoms with Crippen molar-refractivity contribution in [1.29, 1.82) is 0 Å². The summed E-state index contributed by atoms with van der Waals surface area (Å²) < 4.78 is 1.94. The van der Waals surface area contributed by atoms with Crippen LogP contribution in [0.1, 0.15) is 20.3 Å². The number of thiazole rings is 1. The summed E-state index contributed by atoms with van der Waals surface area (Å²) in [7, 11) is 1.93. The van der Waals surface area contributed by atoms with Crippen LogP contribution in [0.2, 0.25) is 0 Å². The second kappa shape index (κ2) is 8.39. The maximum absolute atomic E-state index is 12.9. The number of aromatic nitrogens is 3. The number of imidazole rings is 1. The Bertz CT molecular complexity index is 1060. The van der Waals surface area contributed by atoms with Crippen LogP contribution in [-0.2, 0) is 16.6 Å². The zero-order valence-electron chi connectivity index (χ0n) is 17.3. The summed E-state index contributed by atoms with van der Waals surface area (Å²) in [6.45, 7) is 5.29. The molecule has 2 aromatic heterocycles. The van der Waals surface area contributed by atoms with Crippen LogP contribution in [-0.4, -0.2) is 44.3 Å². The van der Waals surface area contributed by atoms with Crippen LogP contribution in [0, 0.1) is 11.8 Å². The molecule has 4 rings (SSSR count). The van der Waals surface area contributed by atoms with Gasteiger partial charge >= 0.3 is 0 Å². The molecule has 7 nitrogen and oxygen atoms in total. The number of amides is 2. The molecule has 0 spiro atoms. The molecule has 3 heterocycles. The molecule has 0 saturated carbocycles. The number of hydrogen-bond acceptors (Lipinski definition) is 5. The highest BCUT2D eigenvalue weighted by molar-refractivity contribution is 7.19. The van der Waals surface area contributed by atoms with Crippen molar-refractivity contribution in [3.05, 3.63) is 42.7 Å². The lowest BCUT2D eigenvalue weighted by molar-refractivity contribution is -0.128. The van der Waals surface area contributed by atoms with Crippen molar-refractivity contribution in [3.8, 4) is 22.0 Å². The average Bonchev–Trinajstić information content (AvgIpc) is 3.41. The maximum Gasteiger partial charge on any atom is 0.231 e. The van der Waals surface area contributed by atoms with E-state index in [-0.39, 0.29) is 24.2 Å². The van der Waals surface area contributed by atoms with Gasteiger partial charge in [-0.15, -0.1) is 0 Å². The molecule has 0 radical (unpaired) electrons. The lowest BCUT2D eigenvalue weighted by atomic mass is 10.1. The van der Waals surface area contributed by atoms with Gasteiger partial charge in [0.25, 0.3) is 0 Å². The smallest absolute Gasteiger partial charge is 0.231 e. The predicted octanol–water partition coefficient (Wildman–Crippen LogP) is 3.65. The summed E-state index contributed by atoms with van der Waals surface area (Å²) in [5, 5.41) is 3.46. The molecule has 1 aromatic carbocycles. The van der Waals surface area contributed by atoms with Crippen molar-refractivity contribution in [2.24, 2.45) is 18.9 Å². The first-order valence-corrected chi connectivity index (χ1v) is 10.9. The van der Waals surface area contributed by atoms with Gasteiger partial charge in [-0.3, -0.25) is 9.59 Å². The maximum atomic E-state index is 12.9. The summed E-state index contributed by atoms with van der Waals surface area (Å²) in [4.78, 5) is 36.9. The van der Waals surface area contributed by atoms with E-state index in [1.807, 2.05) is 48.1 Å². The number of nitrogens with one attached hydrogen (secondary N) is 1. The Morgan fingerprint density at radius 3 is 2.73 bits per heavy atom. The summed E-state index contributed by atoms with van der Waals surface area (Å²) in [6.07, 6.45) is 3.88. The first-order valence-electron chi connectivity index (χ1n) is 10.0. The van der Waals surface area contributed by atoms with Gasteiger partial charge in [0, 0.05) is 44.5 Å². The predicted molar refractivity (Wildman–Crippen MR) is 118 cm³/mol. The van der Waals surface area contributed by atoms with E-state index in [4.69, 9.17) is 4.98 Å². The number of rotatable bonds is 6. The van der Waals surface area contributed by atoms with Crippen LogP contribution in [0.4, 0.5) is 5.13 Å². The standard InChI is InChI=1S/C22H25N5O2S/c1-14(2)12-27-13-16(11-17(27)28)21(29)25-22-24-18(15-7-5-4-6-8-15)19(30-22)20-23-9-10-26(20)3/h4-10,14,16H,11-13H2,1-3H3,(H,24,25,29). The van der Waals surface area contributed by atoms with E-state index in [2.05, 4.69) is 24.1 Å². The molecular formula is C22H25N5O2S. The van der Waals surface area contributed by atoms with Gasteiger partial charge in [-0.05, 0) is 5.92 Å². The van der Waals surface area contributed by atoms with E-state index in [0.29, 0.717) is 24.1 Å². The molecule has 1 atom stereocenters. The highest BCUT2D eigenvalue weighted by atomic mass is 32.1. The molecule has 1 N–H and O–H groups in total. The van der Waals surface area contributed by atoms with E-state index in [0.717, 1.165) is 22.0 Å². The van der Waals surface area contributed by atoms with Gasteiger partial charge < -0.3 is 14.8 Å². The third kappa shape index (κ3) is 4.14. The highest BCUT2D eigenvalue weighted by Crippen LogP contribution is 2.38. The Labute approximate surface area is 179 Å². The minimum absolute atomic E-state index is 0.0432. The molecule has 2 amide bonds. The van der Waals surface area contributed by atoms with Gasteiger partial charge in [-0.1, -0.05) is 55.5 Å². The molecule has 1 aliphatic heterocycles. The van der Waals surface area contributed by atoms with E-state index in [1.165, 1.54) is 11.3 Å². The number of hydrogen-bond donors (Lipinski definition) is 1. The number of carbonyl (C=O) groups excluding carboxylic acids is 2. The third-order valence-electron chi connectivity index (χ3n) is 5.10. The normalized spacial score (nSPS) is 16.5. The van der Waals surface area contributed by atoms with Crippen molar-refractivity contribution >= 4 is 28.3 Å². The molecule has 1 unspecified atom stereocenters. The quantitative estimate of drug-likeness (QED) is 0.656. The molecule has 0 bridgehead atoms. The van der Waals surface area contributed by atoms with Crippen LogP contribution in [0.15, 0.2) is 42.7 Å². The molecule has 3 aromatic rings. The summed E-state index contributed by atoms with van der Waals surface area (Å²) in [6, 6.07) is 9.86. The molecule has 8 heteroatoms. The summed E-state index contributed by atoms with van der Waals surface area (Å²) in [5.41, 5.74) is 1.75. The van der Waals surface area contributed by atoms with Gasteiger partial charge in [-0.25, -0.2) is 9.97 Å². The lowest BCUT2D eigenvalue weighted by Gasteiger charge is -2.18. The van der Waals surface area contributed by atoms with E-state index in [1.54, 1.807) is 11.1 Å². The number of likely N-dealkylation sites (tertiary alicyclic amines) is 1. The Balaban J connectivity index is 1.58. The second-order valence-corrected chi connectivity index (χ2v) is 9.01. The van der Waals surface area contributed by atoms with E-state index < -0.39 is 0 Å². The van der Waals surface area contributed by atoms with Gasteiger partial charge in [-0.2, -0.15) is 0 Å². The largest absolute Gasteiger partial charge is 0.342 e. The lowest BCUT2D eigenvalue weighted by Crippen LogP contribution is -2.31. The molecule has 1 fully saturated rings. The van der Waals surface area contributed by atoms with Crippen molar-refractivity contribution in [2.45, 2.75) is 20.3 Å². The Morgan fingerprint density at radius 2 is 2.07 bits per heavy atom. The Kier molecular flexibility index (Phi) is 5.67. The Morgan fingerprint density at radius 1 is 1.30 bits per heavy atom. The summed E-state index contributed by atoms with van der Waals surface area (Å²) in [5.74, 6) is 0.711. The molecule has 1 aliphatic rings. The Hall–Kier alpha value is -3.00. The summed E-state index contributed by atoms with van der Waals surface area (Å²) >= 11 is 1.40. The average molecular weight is 424 g/mol. The van der Waals surface area contributed by atoms with Crippen LogP contribution in [0.3, 0.4) is 0 Å². The van der Waals surface area contributed by atoms with Crippen molar-refractivity contribution in [1.82, 2.24) is 19.4 Å². The molecule has 1 saturated heterocycles. The topological polar surface area (TPSA) is 80.1 Å². The first kappa shape index (κ1) is 20.3. The van der Waals surface area contributed by atoms with Crippen LogP contribution in [0.25, 0.3) is 22.0 Å². The minimum atomic E-state index is -0.350. The van der Waals surface area contributed by atoms with E-state index in [9.17, 15) is 9.59 Å². The highest BCUT2D eigenvalue weighted by Gasteiger charge is 2.35. The number of anilines is 1. The van der Waals surface area contributed by atoms with Crippen LogP contribution >= 0.6 is 11.3 Å². The van der Waals surface area contributed by atoms with E-state index >= 15 is 0 Å². The molecule has 156 valence electrons. The van der Waals surface area contributed by atoms with Crippen molar-refractivity contribution in [3.63, 3.8) is 0 Å². The van der Waals surface area contributed by atoms with Crippen molar-refractivity contribution < 1.29 is 9.59 Å². The van der Waals surface area contributed by atoms with Gasteiger partial charge in [0.2, 0.25) is 11.8 Å². The van der Waals surface area contributed by atoms with Crippen LogP contribution in [0.5, 0.6) is 0 Å². The molecule has 30 heavy (non-hydrogen) atoms. The first-order chi connectivity index (χ1) is 14.4. The fraction of sp³-hybridized carbons (Fsp3) is 0.364. The fourth-order valence-corrected chi connectivity index (χ4v) is 4.70. The monoisotopic (exact) mass is 423 g/mol. The zero-order valence-corrected chi connectivity index (χ0v) is 18.1. The van der Waals surface area contributed by atoms with Gasteiger partial charge in [0.05, 0.1) is 16.5 Å². The number of nitrogens with zero attached hydrogens (tertiary/aromatic N) is 4. The SMILES string of the molecule is CC(C)CN1CC(C(=O)Nc2nc(-c3ccccc3)c(-c3nccn3C)s2)CC1=O. The van der Waals surface area contributed by atoms with Gasteiger partial charge in [0.1, 0.15) is 0 Å². The van der Waals surface area contributed by atoms with Gasteiger partial charge in [0.15, 0.2) is 11.0 Å². The molecule has 0 aliphatic carbocycles. The second-order valence-electron chi connectivity index (χ2n) is 8.01. The minimum Gasteiger partial charge on any atom is -0.342 e. The number of aryl methyl sites for hydroxylation is 1. The zero-order chi connectivity index (χ0) is 21.3. The number of benzene rings is 1. The third-order valence-corrected chi connectivity index (χ3v) is 6.07.